The lowest BCUT2D eigenvalue weighted by Crippen LogP contribution is -2.01. The molecule has 12 aromatic rings. The maximum absolute atomic E-state index is 6.22. The number of benzene rings is 8. The van der Waals surface area contributed by atoms with Crippen LogP contribution in [0.25, 0.3) is 117 Å². The molecule has 4 aromatic heterocycles. The van der Waals surface area contributed by atoms with Gasteiger partial charge in [0.25, 0.3) is 0 Å². The molecule has 0 spiro atoms. The first-order chi connectivity index (χ1) is 29.7. The number of nitrogens with zero attached hydrogens (tertiary/aromatic N) is 5. The van der Waals surface area contributed by atoms with Crippen molar-refractivity contribution in [1.82, 2.24) is 24.5 Å². The van der Waals surface area contributed by atoms with Crippen molar-refractivity contribution in [3.63, 3.8) is 0 Å². The smallest absolute Gasteiger partial charge is 0.166 e. The fourth-order valence-corrected chi connectivity index (χ4v) is 8.61. The number of fused-ring (bicyclic) bond motifs is 7. The first-order valence-corrected chi connectivity index (χ1v) is 20.0. The molecule has 12 rings (SSSR count). The SMILES string of the molecule is c1ccc(-c2ccc3cc(-c4nc(-c5ccc(-c6ccc(-n7c8ccccc8c8ccccc87)cc6)cc5)nc(-c5cncc6oc7ccccc7c56)n4)ccc3c2)cc1. The first-order valence-electron chi connectivity index (χ1n) is 20.0. The van der Waals surface area contributed by atoms with Gasteiger partial charge in [-0.1, -0.05) is 146 Å². The largest absolute Gasteiger partial charge is 0.454 e. The Bertz CT molecular complexity index is 3540. The molecule has 4 heterocycles. The molecule has 0 amide bonds. The molecule has 0 saturated heterocycles. The van der Waals surface area contributed by atoms with Gasteiger partial charge in [-0.25, -0.2) is 15.0 Å². The molecule has 0 bridgehead atoms. The Morgan fingerprint density at radius 1 is 0.367 bits per heavy atom. The maximum Gasteiger partial charge on any atom is 0.166 e. The molecule has 6 nitrogen and oxygen atoms in total. The highest BCUT2D eigenvalue weighted by Crippen LogP contribution is 2.37. The van der Waals surface area contributed by atoms with Crippen molar-refractivity contribution in [2.24, 2.45) is 0 Å². The predicted octanol–water partition coefficient (Wildman–Crippen LogP) is 13.8. The van der Waals surface area contributed by atoms with Crippen LogP contribution < -0.4 is 0 Å². The van der Waals surface area contributed by atoms with E-state index < -0.39 is 0 Å². The number of para-hydroxylation sites is 3. The predicted molar refractivity (Wildman–Crippen MR) is 244 cm³/mol. The summed E-state index contributed by atoms with van der Waals surface area (Å²) in [5, 5.41) is 6.67. The summed E-state index contributed by atoms with van der Waals surface area (Å²) in [7, 11) is 0. The van der Waals surface area contributed by atoms with Gasteiger partial charge in [0.2, 0.25) is 0 Å². The molecule has 0 radical (unpaired) electrons. The van der Waals surface area contributed by atoms with Crippen LogP contribution in [-0.2, 0) is 0 Å². The molecule has 0 N–H and O–H groups in total. The van der Waals surface area contributed by atoms with E-state index in [-0.39, 0.29) is 0 Å². The van der Waals surface area contributed by atoms with Gasteiger partial charge in [0.1, 0.15) is 5.58 Å². The van der Waals surface area contributed by atoms with Crippen molar-refractivity contribution in [3.8, 4) is 62.1 Å². The van der Waals surface area contributed by atoms with Crippen molar-refractivity contribution in [3.05, 3.63) is 200 Å². The zero-order valence-corrected chi connectivity index (χ0v) is 32.2. The van der Waals surface area contributed by atoms with Gasteiger partial charge in [0.15, 0.2) is 23.1 Å². The van der Waals surface area contributed by atoms with Crippen LogP contribution in [0.5, 0.6) is 0 Å². The number of furan rings is 1. The standard InChI is InChI=1S/C54H33N5O/c1-2-10-34(11-3-1)38-22-23-40-31-41(25-24-39(40)30-38)53-56-52(57-54(58-53)46-32-55-33-50-51(46)45-14-6-9-17-49(45)60-50)37-20-18-35(19-21-37)36-26-28-42(29-27-36)59-47-15-7-4-12-43(47)44-13-5-8-16-48(44)59/h1-33H. The summed E-state index contributed by atoms with van der Waals surface area (Å²) in [6, 6.07) is 65.9. The third kappa shape index (κ3) is 5.65. The summed E-state index contributed by atoms with van der Waals surface area (Å²) >= 11 is 0. The van der Waals surface area contributed by atoms with Gasteiger partial charge in [-0.2, -0.15) is 0 Å². The molecular weight excluding hydrogens is 735 g/mol. The average molecular weight is 768 g/mol. The van der Waals surface area contributed by atoms with E-state index in [0.717, 1.165) is 60.6 Å². The summed E-state index contributed by atoms with van der Waals surface area (Å²) in [5.41, 5.74) is 12.2. The second kappa shape index (κ2) is 13.7. The number of aromatic nitrogens is 5. The van der Waals surface area contributed by atoms with E-state index in [1.54, 1.807) is 6.20 Å². The van der Waals surface area contributed by atoms with Gasteiger partial charge in [-0.05, 0) is 75.5 Å². The van der Waals surface area contributed by atoms with Gasteiger partial charge < -0.3 is 8.98 Å². The van der Waals surface area contributed by atoms with Crippen molar-refractivity contribution < 1.29 is 4.42 Å². The number of pyridine rings is 1. The summed E-state index contributed by atoms with van der Waals surface area (Å²) < 4.78 is 8.56. The van der Waals surface area contributed by atoms with Crippen LogP contribution in [0.2, 0.25) is 0 Å². The highest BCUT2D eigenvalue weighted by molar-refractivity contribution is 6.11. The molecule has 0 saturated carbocycles. The van der Waals surface area contributed by atoms with Crippen LogP contribution >= 0.6 is 0 Å². The Balaban J connectivity index is 0.944. The summed E-state index contributed by atoms with van der Waals surface area (Å²) in [6.45, 7) is 0. The topological polar surface area (TPSA) is 69.6 Å². The minimum atomic E-state index is 0.531. The lowest BCUT2D eigenvalue weighted by molar-refractivity contribution is 0.667. The van der Waals surface area contributed by atoms with Gasteiger partial charge >= 0.3 is 0 Å². The van der Waals surface area contributed by atoms with E-state index >= 15 is 0 Å². The molecule has 60 heavy (non-hydrogen) atoms. The van der Waals surface area contributed by atoms with Crippen molar-refractivity contribution in [2.75, 3.05) is 0 Å². The molecule has 0 aliphatic rings. The van der Waals surface area contributed by atoms with E-state index in [2.05, 4.69) is 173 Å². The second-order valence-corrected chi connectivity index (χ2v) is 15.1. The van der Waals surface area contributed by atoms with Gasteiger partial charge in [-0.15, -0.1) is 0 Å². The minimum absolute atomic E-state index is 0.531. The molecule has 0 unspecified atom stereocenters. The lowest BCUT2D eigenvalue weighted by Gasteiger charge is -2.11. The first kappa shape index (κ1) is 33.9. The Morgan fingerprint density at radius 2 is 0.883 bits per heavy atom. The highest BCUT2D eigenvalue weighted by Gasteiger charge is 2.19. The van der Waals surface area contributed by atoms with Crippen LogP contribution in [0.1, 0.15) is 0 Å². The van der Waals surface area contributed by atoms with Crippen molar-refractivity contribution in [1.29, 1.82) is 0 Å². The maximum atomic E-state index is 6.22. The van der Waals surface area contributed by atoms with E-state index in [4.69, 9.17) is 19.4 Å². The molecule has 0 fully saturated rings. The van der Waals surface area contributed by atoms with E-state index in [1.165, 1.54) is 32.9 Å². The van der Waals surface area contributed by atoms with Crippen LogP contribution in [0.15, 0.2) is 205 Å². The van der Waals surface area contributed by atoms with Gasteiger partial charge in [0, 0.05) is 50.1 Å². The fraction of sp³-hybridized carbons (Fsp3) is 0. The third-order valence-corrected chi connectivity index (χ3v) is 11.6. The Morgan fingerprint density at radius 3 is 1.60 bits per heavy atom. The highest BCUT2D eigenvalue weighted by atomic mass is 16.3. The second-order valence-electron chi connectivity index (χ2n) is 15.1. The number of rotatable bonds is 6. The zero-order valence-electron chi connectivity index (χ0n) is 32.2. The van der Waals surface area contributed by atoms with E-state index in [1.807, 2.05) is 30.5 Å². The summed E-state index contributed by atoms with van der Waals surface area (Å²) in [4.78, 5) is 20.0. The molecule has 280 valence electrons. The fourth-order valence-electron chi connectivity index (χ4n) is 8.61. The van der Waals surface area contributed by atoms with Gasteiger partial charge in [-0.3, -0.25) is 4.98 Å². The van der Waals surface area contributed by atoms with Crippen molar-refractivity contribution >= 4 is 54.5 Å². The third-order valence-electron chi connectivity index (χ3n) is 11.6. The molecule has 6 heteroatoms. The monoisotopic (exact) mass is 767 g/mol. The molecule has 0 aliphatic carbocycles. The van der Waals surface area contributed by atoms with Crippen LogP contribution in [0.4, 0.5) is 0 Å². The number of hydrogen-bond acceptors (Lipinski definition) is 5. The lowest BCUT2D eigenvalue weighted by atomic mass is 10.00. The molecule has 8 aromatic carbocycles. The average Bonchev–Trinajstić information content (AvgIpc) is 3.88. The summed E-state index contributed by atoms with van der Waals surface area (Å²) in [5.74, 6) is 1.69. The minimum Gasteiger partial charge on any atom is -0.454 e. The molecule has 0 aliphatic heterocycles. The van der Waals surface area contributed by atoms with Gasteiger partial charge in [0.05, 0.1) is 17.2 Å². The normalized spacial score (nSPS) is 11.7. The van der Waals surface area contributed by atoms with Crippen LogP contribution in [-0.4, -0.2) is 24.5 Å². The Hall–Kier alpha value is -8.22. The Labute approximate surface area is 344 Å². The Kier molecular flexibility index (Phi) is 7.74. The van der Waals surface area contributed by atoms with E-state index in [9.17, 15) is 0 Å². The zero-order chi connectivity index (χ0) is 39.6. The summed E-state index contributed by atoms with van der Waals surface area (Å²) in [6.07, 6.45) is 3.58. The molecule has 0 atom stereocenters. The van der Waals surface area contributed by atoms with E-state index in [0.29, 0.717) is 23.1 Å². The quantitative estimate of drug-likeness (QED) is 0.168. The number of hydrogen-bond donors (Lipinski definition) is 0. The van der Waals surface area contributed by atoms with Crippen molar-refractivity contribution in [2.45, 2.75) is 0 Å². The van der Waals surface area contributed by atoms with Crippen LogP contribution in [0, 0.1) is 0 Å². The molecular formula is C54H33N5O. The van der Waals surface area contributed by atoms with Crippen LogP contribution in [0.3, 0.4) is 0 Å².